The number of nitrogens with zero attached hydrogens (tertiary/aromatic N) is 2. The van der Waals surface area contributed by atoms with E-state index in [9.17, 15) is 0 Å². The Morgan fingerprint density at radius 1 is 1.37 bits per heavy atom. The zero-order valence-corrected chi connectivity index (χ0v) is 13.1. The lowest BCUT2D eigenvalue weighted by atomic mass is 10.2. The fourth-order valence-electron chi connectivity index (χ4n) is 1.93. The minimum Gasteiger partial charge on any atom is -0.329 e. The van der Waals surface area contributed by atoms with Crippen LogP contribution < -0.4 is 0 Å². The smallest absolute Gasteiger partial charge is 0.183 e. The number of halogens is 2. The van der Waals surface area contributed by atoms with Crippen LogP contribution in [0.5, 0.6) is 0 Å². The molecule has 0 saturated heterocycles. The van der Waals surface area contributed by atoms with Crippen LogP contribution >= 0.6 is 39.7 Å². The van der Waals surface area contributed by atoms with Gasteiger partial charge < -0.3 is 4.98 Å². The zero-order valence-electron chi connectivity index (χ0n) is 9.95. The van der Waals surface area contributed by atoms with Crippen LogP contribution in [0.2, 0.25) is 5.02 Å². The number of hydrogen-bond acceptors (Lipinski definition) is 2. The number of H-pyrrole nitrogens is 1. The van der Waals surface area contributed by atoms with Gasteiger partial charge >= 0.3 is 0 Å². The van der Waals surface area contributed by atoms with Crippen LogP contribution in [0.25, 0.3) is 16.9 Å². The van der Waals surface area contributed by atoms with Gasteiger partial charge in [0.25, 0.3) is 0 Å². The second-order valence-electron chi connectivity index (χ2n) is 4.22. The minimum absolute atomic E-state index is 0.598. The van der Waals surface area contributed by atoms with Gasteiger partial charge in [0.15, 0.2) is 10.4 Å². The first kappa shape index (κ1) is 12.8. The SMILES string of the molecule is Cc1ccc(-n2c(=S)[nH]c3cc(Br)cnc32)cc1Cl. The van der Waals surface area contributed by atoms with E-state index in [1.807, 2.05) is 35.8 Å². The molecule has 3 nitrogen and oxygen atoms in total. The highest BCUT2D eigenvalue weighted by Crippen LogP contribution is 2.24. The third-order valence-electron chi connectivity index (χ3n) is 2.90. The van der Waals surface area contributed by atoms with Gasteiger partial charge in [0.1, 0.15) is 0 Å². The van der Waals surface area contributed by atoms with E-state index in [4.69, 9.17) is 23.8 Å². The summed E-state index contributed by atoms with van der Waals surface area (Å²) >= 11 is 14.9. The lowest BCUT2D eigenvalue weighted by Crippen LogP contribution is -1.96. The van der Waals surface area contributed by atoms with Crippen LogP contribution in [0.3, 0.4) is 0 Å². The number of aromatic nitrogens is 3. The van der Waals surface area contributed by atoms with E-state index in [1.54, 1.807) is 6.20 Å². The molecule has 6 heteroatoms. The molecule has 0 amide bonds. The van der Waals surface area contributed by atoms with E-state index in [2.05, 4.69) is 25.9 Å². The van der Waals surface area contributed by atoms with Gasteiger partial charge in [-0.3, -0.25) is 4.57 Å². The molecule has 3 rings (SSSR count). The lowest BCUT2D eigenvalue weighted by Gasteiger charge is -2.06. The number of aromatic amines is 1. The molecule has 0 unspecified atom stereocenters. The van der Waals surface area contributed by atoms with Crippen molar-refractivity contribution < 1.29 is 0 Å². The number of nitrogens with one attached hydrogen (secondary N) is 1. The van der Waals surface area contributed by atoms with Crippen LogP contribution in [0, 0.1) is 11.7 Å². The summed E-state index contributed by atoms with van der Waals surface area (Å²) in [5.41, 5.74) is 3.61. The average Bonchev–Trinajstić information content (AvgIpc) is 2.68. The van der Waals surface area contributed by atoms with Gasteiger partial charge in [0.05, 0.1) is 11.2 Å². The van der Waals surface area contributed by atoms with E-state index in [-0.39, 0.29) is 0 Å². The van der Waals surface area contributed by atoms with Crippen molar-refractivity contribution in [2.24, 2.45) is 0 Å². The van der Waals surface area contributed by atoms with E-state index in [1.165, 1.54) is 0 Å². The molecular weight excluding hydrogens is 346 g/mol. The minimum atomic E-state index is 0.598. The van der Waals surface area contributed by atoms with Crippen molar-refractivity contribution in [2.45, 2.75) is 6.92 Å². The summed E-state index contributed by atoms with van der Waals surface area (Å²) in [5.74, 6) is 0. The molecule has 0 aliphatic heterocycles. The first-order chi connectivity index (χ1) is 9.06. The number of imidazole rings is 1. The highest BCUT2D eigenvalue weighted by atomic mass is 79.9. The molecule has 1 N–H and O–H groups in total. The Hall–Kier alpha value is -1.17. The monoisotopic (exact) mass is 353 g/mol. The first-order valence-corrected chi connectivity index (χ1v) is 7.17. The fourth-order valence-corrected chi connectivity index (χ4v) is 2.74. The summed E-state index contributed by atoms with van der Waals surface area (Å²) in [6, 6.07) is 7.79. The van der Waals surface area contributed by atoms with Crippen LogP contribution in [0.4, 0.5) is 0 Å². The predicted molar refractivity (Wildman–Crippen MR) is 83.7 cm³/mol. The summed E-state index contributed by atoms with van der Waals surface area (Å²) < 4.78 is 3.38. The maximum Gasteiger partial charge on any atom is 0.183 e. The van der Waals surface area contributed by atoms with Crippen LogP contribution in [-0.4, -0.2) is 14.5 Å². The number of hydrogen-bond donors (Lipinski definition) is 1. The van der Waals surface area contributed by atoms with Crippen molar-refractivity contribution in [1.82, 2.24) is 14.5 Å². The van der Waals surface area contributed by atoms with E-state index < -0.39 is 0 Å². The molecule has 0 saturated carbocycles. The second-order valence-corrected chi connectivity index (χ2v) is 5.93. The summed E-state index contributed by atoms with van der Waals surface area (Å²) in [4.78, 5) is 7.55. The van der Waals surface area contributed by atoms with Crippen molar-refractivity contribution in [1.29, 1.82) is 0 Å². The first-order valence-electron chi connectivity index (χ1n) is 5.59. The summed E-state index contributed by atoms with van der Waals surface area (Å²) in [6.45, 7) is 1.97. The van der Waals surface area contributed by atoms with Gasteiger partial charge in [0.2, 0.25) is 0 Å². The lowest BCUT2D eigenvalue weighted by molar-refractivity contribution is 1.04. The van der Waals surface area contributed by atoms with Gasteiger partial charge in [-0.05, 0) is 58.8 Å². The van der Waals surface area contributed by atoms with E-state index >= 15 is 0 Å². The Kier molecular flexibility index (Phi) is 3.20. The zero-order chi connectivity index (χ0) is 13.6. The Balaban J connectivity index is 2.32. The molecule has 3 aromatic rings. The molecule has 1 aromatic carbocycles. The largest absolute Gasteiger partial charge is 0.329 e. The van der Waals surface area contributed by atoms with Crippen LogP contribution in [0.15, 0.2) is 34.9 Å². The molecule has 0 atom stereocenters. The molecule has 0 radical (unpaired) electrons. The van der Waals surface area contributed by atoms with Crippen molar-refractivity contribution in [3.63, 3.8) is 0 Å². The molecule has 0 aliphatic rings. The third kappa shape index (κ3) is 2.22. The molecule has 2 heterocycles. The van der Waals surface area contributed by atoms with Gasteiger partial charge in [-0.25, -0.2) is 4.98 Å². The summed E-state index contributed by atoms with van der Waals surface area (Å²) in [7, 11) is 0. The number of pyridine rings is 1. The molecular formula is C13H9BrClN3S. The topological polar surface area (TPSA) is 33.6 Å². The molecule has 0 spiro atoms. The highest BCUT2D eigenvalue weighted by Gasteiger charge is 2.09. The average molecular weight is 355 g/mol. The maximum absolute atomic E-state index is 6.17. The molecule has 0 bridgehead atoms. The Morgan fingerprint density at radius 2 is 2.16 bits per heavy atom. The van der Waals surface area contributed by atoms with Gasteiger partial charge in [-0.1, -0.05) is 17.7 Å². The summed E-state index contributed by atoms with van der Waals surface area (Å²) in [6.07, 6.45) is 1.75. The van der Waals surface area contributed by atoms with Gasteiger partial charge in [-0.2, -0.15) is 0 Å². The standard InChI is InChI=1S/C13H9BrClN3S/c1-7-2-3-9(5-10(7)15)18-12-11(17-13(18)19)4-8(14)6-16-12/h2-6H,1H3,(H,17,19). The van der Waals surface area contributed by atoms with Gasteiger partial charge in [-0.15, -0.1) is 0 Å². The Bertz CT molecular complexity index is 838. The third-order valence-corrected chi connectivity index (χ3v) is 4.03. The van der Waals surface area contributed by atoms with Crippen LogP contribution in [0.1, 0.15) is 5.56 Å². The molecule has 0 aliphatic carbocycles. The number of fused-ring (bicyclic) bond motifs is 1. The molecule has 0 fully saturated rings. The van der Waals surface area contributed by atoms with Crippen molar-refractivity contribution >= 4 is 50.9 Å². The van der Waals surface area contributed by atoms with E-state index in [0.717, 1.165) is 26.9 Å². The number of rotatable bonds is 1. The molecule has 19 heavy (non-hydrogen) atoms. The predicted octanol–water partition coefficient (Wildman–Crippen LogP) is 4.81. The van der Waals surface area contributed by atoms with Crippen molar-refractivity contribution in [3.8, 4) is 5.69 Å². The van der Waals surface area contributed by atoms with Crippen molar-refractivity contribution in [2.75, 3.05) is 0 Å². The number of benzene rings is 1. The molecule has 2 aromatic heterocycles. The molecule has 96 valence electrons. The normalized spacial score (nSPS) is 11.1. The maximum atomic E-state index is 6.17. The fraction of sp³-hybridized carbons (Fsp3) is 0.0769. The van der Waals surface area contributed by atoms with Gasteiger partial charge in [0, 0.05) is 15.7 Å². The number of aryl methyl sites for hydroxylation is 1. The Morgan fingerprint density at radius 3 is 2.89 bits per heavy atom. The second kappa shape index (κ2) is 4.74. The van der Waals surface area contributed by atoms with Crippen LogP contribution in [-0.2, 0) is 0 Å². The Labute approximate surface area is 128 Å². The highest BCUT2D eigenvalue weighted by molar-refractivity contribution is 9.10. The van der Waals surface area contributed by atoms with Crippen molar-refractivity contribution in [3.05, 3.63) is 50.3 Å². The van der Waals surface area contributed by atoms with E-state index in [0.29, 0.717) is 9.79 Å². The quantitative estimate of drug-likeness (QED) is 0.636. The summed E-state index contributed by atoms with van der Waals surface area (Å²) in [5, 5.41) is 0.714.